The number of sulfonamides is 1. The first-order valence-electron chi connectivity index (χ1n) is 9.69. The molecular weight excluding hydrogens is 364 g/mol. The standard InChI is InChI=1S/C20H32N2O4S/c1-21(2)13-16-14-22(15-20(16)10-6-5-7-11-20)27(23,24)19-12-17(25-3)8-9-18(19)26-4/h8-9,12,16H,5-7,10-11,13-15H2,1-4H3/t16-/m0/s1. The Morgan fingerprint density at radius 3 is 2.44 bits per heavy atom. The largest absolute Gasteiger partial charge is 0.497 e. The van der Waals surface area contributed by atoms with Crippen molar-refractivity contribution in [2.45, 2.75) is 37.0 Å². The minimum Gasteiger partial charge on any atom is -0.497 e. The summed E-state index contributed by atoms with van der Waals surface area (Å²) >= 11 is 0. The summed E-state index contributed by atoms with van der Waals surface area (Å²) in [6, 6.07) is 4.95. The molecule has 2 aliphatic rings. The molecule has 0 aromatic heterocycles. The van der Waals surface area contributed by atoms with E-state index in [0.29, 0.717) is 30.5 Å². The number of methoxy groups -OCH3 is 2. The highest BCUT2D eigenvalue weighted by Crippen LogP contribution is 2.49. The summed E-state index contributed by atoms with van der Waals surface area (Å²) in [5, 5.41) is 0. The van der Waals surface area contributed by atoms with Crippen molar-refractivity contribution < 1.29 is 17.9 Å². The van der Waals surface area contributed by atoms with Crippen LogP contribution in [0, 0.1) is 11.3 Å². The van der Waals surface area contributed by atoms with Crippen LogP contribution in [-0.4, -0.2) is 65.6 Å². The topological polar surface area (TPSA) is 59.1 Å². The van der Waals surface area contributed by atoms with E-state index in [0.717, 1.165) is 19.4 Å². The van der Waals surface area contributed by atoms with Crippen LogP contribution in [-0.2, 0) is 10.0 Å². The molecule has 1 aromatic carbocycles. The molecule has 0 amide bonds. The Morgan fingerprint density at radius 2 is 1.85 bits per heavy atom. The lowest BCUT2D eigenvalue weighted by Crippen LogP contribution is -2.38. The lowest BCUT2D eigenvalue weighted by Gasteiger charge is -2.39. The van der Waals surface area contributed by atoms with Crippen LogP contribution in [0.25, 0.3) is 0 Å². The van der Waals surface area contributed by atoms with Gasteiger partial charge in [0, 0.05) is 25.7 Å². The average Bonchev–Trinajstić information content (AvgIpc) is 2.99. The van der Waals surface area contributed by atoms with E-state index in [1.165, 1.54) is 33.5 Å². The number of hydrogen-bond donors (Lipinski definition) is 0. The molecule has 1 aliphatic carbocycles. The van der Waals surface area contributed by atoms with Crippen molar-refractivity contribution in [3.05, 3.63) is 18.2 Å². The molecule has 7 heteroatoms. The van der Waals surface area contributed by atoms with E-state index in [9.17, 15) is 8.42 Å². The molecule has 0 N–H and O–H groups in total. The van der Waals surface area contributed by atoms with Crippen LogP contribution in [0.15, 0.2) is 23.1 Å². The van der Waals surface area contributed by atoms with Crippen LogP contribution in [0.2, 0.25) is 0 Å². The predicted octanol–water partition coefficient (Wildman–Crippen LogP) is 2.84. The van der Waals surface area contributed by atoms with E-state index in [1.54, 1.807) is 22.5 Å². The van der Waals surface area contributed by atoms with Crippen molar-refractivity contribution in [2.75, 3.05) is 47.9 Å². The zero-order valence-electron chi connectivity index (χ0n) is 16.9. The fraction of sp³-hybridized carbons (Fsp3) is 0.700. The first-order chi connectivity index (χ1) is 12.8. The Kier molecular flexibility index (Phi) is 6.03. The molecule has 1 heterocycles. The number of rotatable bonds is 6. The van der Waals surface area contributed by atoms with Gasteiger partial charge in [0.05, 0.1) is 14.2 Å². The number of benzene rings is 1. The van der Waals surface area contributed by atoms with Crippen LogP contribution < -0.4 is 9.47 Å². The maximum absolute atomic E-state index is 13.5. The molecule has 1 spiro atoms. The van der Waals surface area contributed by atoms with Gasteiger partial charge in [0.25, 0.3) is 0 Å². The highest BCUT2D eigenvalue weighted by molar-refractivity contribution is 7.89. The monoisotopic (exact) mass is 396 g/mol. The maximum Gasteiger partial charge on any atom is 0.246 e. The average molecular weight is 397 g/mol. The van der Waals surface area contributed by atoms with E-state index in [-0.39, 0.29) is 10.3 Å². The minimum atomic E-state index is -3.65. The normalized spacial score (nSPS) is 23.1. The highest BCUT2D eigenvalue weighted by Gasteiger charge is 2.50. The quantitative estimate of drug-likeness (QED) is 0.740. The van der Waals surface area contributed by atoms with Crippen molar-refractivity contribution in [2.24, 2.45) is 11.3 Å². The first kappa shape index (κ1) is 20.4. The van der Waals surface area contributed by atoms with E-state index in [2.05, 4.69) is 19.0 Å². The van der Waals surface area contributed by atoms with E-state index in [4.69, 9.17) is 9.47 Å². The third-order valence-electron chi connectivity index (χ3n) is 6.20. The first-order valence-corrected chi connectivity index (χ1v) is 11.1. The van der Waals surface area contributed by atoms with Crippen LogP contribution in [0.1, 0.15) is 32.1 Å². The second-order valence-electron chi connectivity index (χ2n) is 8.20. The fourth-order valence-electron chi connectivity index (χ4n) is 4.81. The van der Waals surface area contributed by atoms with Gasteiger partial charge in [-0.1, -0.05) is 19.3 Å². The second kappa shape index (κ2) is 7.97. The lowest BCUT2D eigenvalue weighted by molar-refractivity contribution is 0.122. The van der Waals surface area contributed by atoms with Gasteiger partial charge in [-0.05, 0) is 50.4 Å². The zero-order chi connectivity index (χ0) is 19.7. The number of nitrogens with zero attached hydrogens (tertiary/aromatic N) is 2. The molecule has 3 rings (SSSR count). The van der Waals surface area contributed by atoms with Gasteiger partial charge in [0.2, 0.25) is 10.0 Å². The summed E-state index contributed by atoms with van der Waals surface area (Å²) in [6.45, 7) is 2.09. The molecular formula is C20H32N2O4S. The molecule has 1 saturated carbocycles. The van der Waals surface area contributed by atoms with Gasteiger partial charge in [-0.15, -0.1) is 0 Å². The third-order valence-corrected chi connectivity index (χ3v) is 8.04. The SMILES string of the molecule is COc1ccc(OC)c(S(=O)(=O)N2C[C@H](CN(C)C)C3(CCCCC3)C2)c1. The van der Waals surface area contributed by atoms with Crippen LogP contribution in [0.3, 0.4) is 0 Å². The van der Waals surface area contributed by atoms with Gasteiger partial charge in [0.1, 0.15) is 16.4 Å². The molecule has 0 radical (unpaired) electrons. The molecule has 1 atom stereocenters. The van der Waals surface area contributed by atoms with E-state index >= 15 is 0 Å². The van der Waals surface area contributed by atoms with Crippen molar-refractivity contribution in [3.63, 3.8) is 0 Å². The molecule has 1 aromatic rings. The number of ether oxygens (including phenoxy) is 2. The smallest absolute Gasteiger partial charge is 0.246 e. The Bertz CT molecular complexity index is 757. The summed E-state index contributed by atoms with van der Waals surface area (Å²) in [6.07, 6.45) is 5.88. The summed E-state index contributed by atoms with van der Waals surface area (Å²) in [5.74, 6) is 1.24. The Balaban J connectivity index is 1.95. The van der Waals surface area contributed by atoms with Crippen molar-refractivity contribution in [1.82, 2.24) is 9.21 Å². The zero-order valence-corrected chi connectivity index (χ0v) is 17.7. The van der Waals surface area contributed by atoms with E-state index in [1.807, 2.05) is 0 Å². The molecule has 0 unspecified atom stereocenters. The van der Waals surface area contributed by atoms with Gasteiger partial charge in [-0.3, -0.25) is 0 Å². The lowest BCUT2D eigenvalue weighted by atomic mass is 9.67. The van der Waals surface area contributed by atoms with Crippen LogP contribution in [0.4, 0.5) is 0 Å². The minimum absolute atomic E-state index is 0.0989. The van der Waals surface area contributed by atoms with Gasteiger partial charge in [-0.2, -0.15) is 4.31 Å². The molecule has 27 heavy (non-hydrogen) atoms. The number of hydrogen-bond acceptors (Lipinski definition) is 5. The van der Waals surface area contributed by atoms with Crippen molar-refractivity contribution >= 4 is 10.0 Å². The summed E-state index contributed by atoms with van der Waals surface area (Å²) in [5.41, 5.74) is 0.0989. The Morgan fingerprint density at radius 1 is 1.15 bits per heavy atom. The summed E-state index contributed by atoms with van der Waals surface area (Å²) in [4.78, 5) is 2.38. The molecule has 6 nitrogen and oxygen atoms in total. The molecule has 2 fully saturated rings. The Hall–Kier alpha value is -1.31. The Labute approximate surface area is 163 Å². The summed E-state index contributed by atoms with van der Waals surface area (Å²) < 4.78 is 39.3. The van der Waals surface area contributed by atoms with Crippen molar-refractivity contribution in [1.29, 1.82) is 0 Å². The maximum atomic E-state index is 13.5. The highest BCUT2D eigenvalue weighted by atomic mass is 32.2. The molecule has 1 aliphatic heterocycles. The third kappa shape index (κ3) is 3.96. The van der Waals surface area contributed by atoms with Gasteiger partial charge >= 0.3 is 0 Å². The summed E-state index contributed by atoms with van der Waals surface area (Å²) in [7, 11) is 3.53. The second-order valence-corrected chi connectivity index (χ2v) is 10.1. The van der Waals surface area contributed by atoms with E-state index < -0.39 is 10.0 Å². The molecule has 0 bridgehead atoms. The molecule has 1 saturated heterocycles. The predicted molar refractivity (Wildman–Crippen MR) is 106 cm³/mol. The van der Waals surface area contributed by atoms with Gasteiger partial charge < -0.3 is 14.4 Å². The molecule has 152 valence electrons. The van der Waals surface area contributed by atoms with Crippen LogP contribution in [0.5, 0.6) is 11.5 Å². The van der Waals surface area contributed by atoms with Crippen LogP contribution >= 0.6 is 0 Å². The van der Waals surface area contributed by atoms with Crippen molar-refractivity contribution in [3.8, 4) is 11.5 Å². The van der Waals surface area contributed by atoms with Gasteiger partial charge in [-0.25, -0.2) is 8.42 Å². The fourth-order valence-corrected chi connectivity index (χ4v) is 6.56. The van der Waals surface area contributed by atoms with Gasteiger partial charge in [0.15, 0.2) is 0 Å².